The second-order valence-corrected chi connectivity index (χ2v) is 5.29. The van der Waals surface area contributed by atoms with E-state index in [2.05, 4.69) is 34.7 Å². The van der Waals surface area contributed by atoms with Crippen LogP contribution in [0.15, 0.2) is 18.2 Å². The van der Waals surface area contributed by atoms with Crippen LogP contribution in [0, 0.1) is 6.92 Å². The van der Waals surface area contributed by atoms with Crippen LogP contribution < -0.4 is 5.73 Å². The minimum Gasteiger partial charge on any atom is -0.393 e. The first-order valence-corrected chi connectivity index (χ1v) is 6.57. The largest absolute Gasteiger partial charge is 0.393 e. The van der Waals surface area contributed by atoms with Crippen molar-refractivity contribution in [1.29, 1.82) is 0 Å². The molecule has 0 unspecified atom stereocenters. The fourth-order valence-corrected chi connectivity index (χ4v) is 2.93. The summed E-state index contributed by atoms with van der Waals surface area (Å²) in [5, 5.41) is 9.59. The first-order chi connectivity index (χ1) is 8.65. The number of anilines is 1. The zero-order chi connectivity index (χ0) is 12.7. The highest BCUT2D eigenvalue weighted by Crippen LogP contribution is 2.33. The number of aliphatic hydroxyl groups excluding tert-OH is 1. The van der Waals surface area contributed by atoms with E-state index >= 15 is 0 Å². The van der Waals surface area contributed by atoms with Gasteiger partial charge in [0.05, 0.1) is 17.1 Å². The van der Waals surface area contributed by atoms with Gasteiger partial charge < -0.3 is 15.4 Å². The molecule has 1 saturated carbocycles. The van der Waals surface area contributed by atoms with Gasteiger partial charge >= 0.3 is 0 Å². The SMILES string of the molecule is Cc1ccc2c(c1)nc(N)n2[C@H]1CC[C@@H](O)CC1. The number of rotatable bonds is 1. The molecule has 4 nitrogen and oxygen atoms in total. The van der Waals surface area contributed by atoms with E-state index in [1.54, 1.807) is 0 Å². The summed E-state index contributed by atoms with van der Waals surface area (Å²) < 4.78 is 2.14. The van der Waals surface area contributed by atoms with Gasteiger partial charge in [0.25, 0.3) is 0 Å². The molecule has 1 fully saturated rings. The number of hydrogen-bond acceptors (Lipinski definition) is 3. The molecule has 2 aromatic rings. The van der Waals surface area contributed by atoms with Gasteiger partial charge in [0.2, 0.25) is 5.95 Å². The topological polar surface area (TPSA) is 64.1 Å². The van der Waals surface area contributed by atoms with Crippen molar-refractivity contribution in [2.75, 3.05) is 5.73 Å². The van der Waals surface area contributed by atoms with Crippen LogP contribution in [0.5, 0.6) is 0 Å². The average Bonchev–Trinajstić information content (AvgIpc) is 2.65. The number of nitrogens with zero attached hydrogens (tertiary/aromatic N) is 2. The van der Waals surface area contributed by atoms with Gasteiger partial charge in [-0.15, -0.1) is 0 Å². The van der Waals surface area contributed by atoms with E-state index in [0.29, 0.717) is 12.0 Å². The summed E-state index contributed by atoms with van der Waals surface area (Å²) in [6.07, 6.45) is 3.53. The zero-order valence-electron chi connectivity index (χ0n) is 10.6. The summed E-state index contributed by atoms with van der Waals surface area (Å²) in [6.45, 7) is 2.06. The van der Waals surface area contributed by atoms with Crippen LogP contribution in [0.4, 0.5) is 5.95 Å². The fourth-order valence-electron chi connectivity index (χ4n) is 2.93. The van der Waals surface area contributed by atoms with Crippen LogP contribution >= 0.6 is 0 Å². The van der Waals surface area contributed by atoms with Crippen molar-refractivity contribution in [3.8, 4) is 0 Å². The van der Waals surface area contributed by atoms with Crippen LogP contribution in [0.25, 0.3) is 11.0 Å². The molecule has 0 atom stereocenters. The molecule has 1 heterocycles. The Hall–Kier alpha value is -1.55. The molecule has 0 radical (unpaired) electrons. The van der Waals surface area contributed by atoms with Gasteiger partial charge in [-0.05, 0) is 50.3 Å². The molecule has 1 aromatic carbocycles. The molecule has 1 aliphatic carbocycles. The fraction of sp³-hybridized carbons (Fsp3) is 0.500. The van der Waals surface area contributed by atoms with Crippen LogP contribution in [0.2, 0.25) is 0 Å². The molecule has 0 amide bonds. The predicted octanol–water partition coefficient (Wildman–Crippen LogP) is 2.40. The molecule has 3 rings (SSSR count). The molecular weight excluding hydrogens is 226 g/mol. The molecule has 3 N–H and O–H groups in total. The Balaban J connectivity index is 2.03. The van der Waals surface area contributed by atoms with Crippen molar-refractivity contribution >= 4 is 17.0 Å². The van der Waals surface area contributed by atoms with E-state index in [1.165, 1.54) is 5.56 Å². The highest BCUT2D eigenvalue weighted by atomic mass is 16.3. The molecule has 0 spiro atoms. The van der Waals surface area contributed by atoms with Crippen LogP contribution in [0.1, 0.15) is 37.3 Å². The molecule has 96 valence electrons. The Morgan fingerprint density at radius 1 is 1.28 bits per heavy atom. The summed E-state index contributed by atoms with van der Waals surface area (Å²) in [5.41, 5.74) is 9.34. The van der Waals surface area contributed by atoms with Crippen molar-refractivity contribution < 1.29 is 5.11 Å². The third kappa shape index (κ3) is 1.86. The van der Waals surface area contributed by atoms with Crippen molar-refractivity contribution in [3.63, 3.8) is 0 Å². The maximum absolute atomic E-state index is 9.59. The van der Waals surface area contributed by atoms with Crippen LogP contribution in [-0.2, 0) is 0 Å². The Morgan fingerprint density at radius 3 is 2.72 bits per heavy atom. The maximum atomic E-state index is 9.59. The van der Waals surface area contributed by atoms with Gasteiger partial charge in [-0.2, -0.15) is 0 Å². The molecule has 4 heteroatoms. The number of nitrogen functional groups attached to an aromatic ring is 1. The first kappa shape index (κ1) is 11.5. The van der Waals surface area contributed by atoms with Crippen LogP contribution in [0.3, 0.4) is 0 Å². The van der Waals surface area contributed by atoms with Gasteiger partial charge in [-0.1, -0.05) is 6.07 Å². The molecule has 1 aliphatic rings. The number of aromatic nitrogens is 2. The van der Waals surface area contributed by atoms with Crippen LogP contribution in [-0.4, -0.2) is 20.8 Å². The smallest absolute Gasteiger partial charge is 0.201 e. The van der Waals surface area contributed by atoms with Crippen molar-refractivity contribution in [1.82, 2.24) is 9.55 Å². The Bertz CT molecular complexity index is 568. The monoisotopic (exact) mass is 245 g/mol. The molecular formula is C14H19N3O. The molecule has 0 bridgehead atoms. The molecule has 18 heavy (non-hydrogen) atoms. The van der Waals surface area contributed by atoms with Crippen molar-refractivity contribution in [2.24, 2.45) is 0 Å². The Morgan fingerprint density at radius 2 is 2.00 bits per heavy atom. The quantitative estimate of drug-likeness (QED) is 0.811. The standard InChI is InChI=1S/C14H19N3O/c1-9-2-7-13-12(8-9)16-14(15)17(13)10-3-5-11(18)6-4-10/h2,7-8,10-11,18H,3-6H2,1H3,(H2,15,16)/t10-,11+. The predicted molar refractivity (Wildman–Crippen MR) is 72.4 cm³/mol. The normalized spacial score (nSPS) is 24.6. The van der Waals surface area contributed by atoms with Gasteiger partial charge in [-0.3, -0.25) is 0 Å². The third-order valence-corrected chi connectivity index (χ3v) is 3.90. The number of benzene rings is 1. The van der Waals surface area contributed by atoms with Gasteiger partial charge in [-0.25, -0.2) is 4.98 Å². The first-order valence-electron chi connectivity index (χ1n) is 6.57. The number of imidazole rings is 1. The summed E-state index contributed by atoms with van der Waals surface area (Å²) in [6, 6.07) is 6.64. The second kappa shape index (κ2) is 4.28. The van der Waals surface area contributed by atoms with E-state index in [0.717, 1.165) is 36.7 Å². The van der Waals surface area contributed by atoms with Crippen molar-refractivity contribution in [3.05, 3.63) is 23.8 Å². The van der Waals surface area contributed by atoms with E-state index in [-0.39, 0.29) is 6.10 Å². The number of hydrogen-bond donors (Lipinski definition) is 2. The minimum atomic E-state index is -0.139. The summed E-state index contributed by atoms with van der Waals surface area (Å²) in [4.78, 5) is 4.45. The zero-order valence-corrected chi connectivity index (χ0v) is 10.6. The number of aliphatic hydroxyl groups is 1. The minimum absolute atomic E-state index is 0.139. The van der Waals surface area contributed by atoms with Gasteiger partial charge in [0.1, 0.15) is 0 Å². The van der Waals surface area contributed by atoms with E-state index in [1.807, 2.05) is 0 Å². The van der Waals surface area contributed by atoms with Gasteiger partial charge in [0, 0.05) is 6.04 Å². The molecule has 0 aliphatic heterocycles. The lowest BCUT2D eigenvalue weighted by Gasteiger charge is -2.27. The highest BCUT2D eigenvalue weighted by molar-refractivity contribution is 5.79. The molecule has 0 saturated heterocycles. The lowest BCUT2D eigenvalue weighted by atomic mass is 9.93. The summed E-state index contributed by atoms with van der Waals surface area (Å²) in [5.74, 6) is 0.594. The lowest BCUT2D eigenvalue weighted by molar-refractivity contribution is 0.112. The second-order valence-electron chi connectivity index (χ2n) is 5.29. The number of fused-ring (bicyclic) bond motifs is 1. The van der Waals surface area contributed by atoms with Gasteiger partial charge in [0.15, 0.2) is 0 Å². The summed E-state index contributed by atoms with van der Waals surface area (Å²) in [7, 11) is 0. The van der Waals surface area contributed by atoms with E-state index < -0.39 is 0 Å². The summed E-state index contributed by atoms with van der Waals surface area (Å²) >= 11 is 0. The van der Waals surface area contributed by atoms with E-state index in [9.17, 15) is 5.11 Å². The Kier molecular flexibility index (Phi) is 2.74. The lowest BCUT2D eigenvalue weighted by Crippen LogP contribution is -2.22. The number of nitrogens with two attached hydrogens (primary N) is 1. The van der Waals surface area contributed by atoms with Crippen molar-refractivity contribution in [2.45, 2.75) is 44.8 Å². The maximum Gasteiger partial charge on any atom is 0.201 e. The van der Waals surface area contributed by atoms with E-state index in [4.69, 9.17) is 5.73 Å². The third-order valence-electron chi connectivity index (χ3n) is 3.90. The Labute approximate surface area is 106 Å². The average molecular weight is 245 g/mol. The molecule has 1 aromatic heterocycles. The number of aryl methyl sites for hydroxylation is 1. The highest BCUT2D eigenvalue weighted by Gasteiger charge is 2.23.